The zero-order chi connectivity index (χ0) is 16.8. The van der Waals surface area contributed by atoms with E-state index in [0.29, 0.717) is 21.9 Å². The van der Waals surface area contributed by atoms with Crippen LogP contribution in [-0.4, -0.2) is 24.1 Å². The van der Waals surface area contributed by atoms with Crippen LogP contribution < -0.4 is 10.1 Å². The molecule has 5 nitrogen and oxygen atoms in total. The zero-order valence-electron chi connectivity index (χ0n) is 12.5. The molecule has 0 aliphatic carbocycles. The Hall–Kier alpha value is -2.53. The fraction of sp³-hybridized carbons (Fsp3) is 0.176. The Balaban J connectivity index is 2.23. The van der Waals surface area contributed by atoms with E-state index in [4.69, 9.17) is 21.4 Å². The van der Waals surface area contributed by atoms with Crippen molar-refractivity contribution in [2.24, 2.45) is 0 Å². The number of carbonyl (C=O) groups is 2. The second-order valence-corrected chi connectivity index (χ2v) is 5.28. The van der Waals surface area contributed by atoms with Crippen molar-refractivity contribution < 1.29 is 19.4 Å². The van der Waals surface area contributed by atoms with Crippen LogP contribution in [0.15, 0.2) is 48.5 Å². The van der Waals surface area contributed by atoms with E-state index in [0.717, 1.165) is 0 Å². The van der Waals surface area contributed by atoms with E-state index in [1.807, 2.05) is 0 Å². The summed E-state index contributed by atoms with van der Waals surface area (Å²) in [5, 5.41) is 12.1. The lowest BCUT2D eigenvalue weighted by molar-refractivity contribution is -0.137. The second-order valence-electron chi connectivity index (χ2n) is 4.88. The molecule has 0 aliphatic heterocycles. The third-order valence-corrected chi connectivity index (χ3v) is 3.65. The van der Waals surface area contributed by atoms with Crippen LogP contribution in [0.5, 0.6) is 5.75 Å². The van der Waals surface area contributed by atoms with Crippen LogP contribution in [0.25, 0.3) is 0 Å². The van der Waals surface area contributed by atoms with Gasteiger partial charge in [-0.1, -0.05) is 35.9 Å². The van der Waals surface area contributed by atoms with Crippen molar-refractivity contribution in [2.45, 2.75) is 12.5 Å². The van der Waals surface area contributed by atoms with Crippen molar-refractivity contribution in [3.8, 4) is 5.75 Å². The number of nitrogens with one attached hydrogen (secondary N) is 1. The number of carbonyl (C=O) groups excluding carboxylic acids is 1. The number of carboxylic acids is 1. The maximum Gasteiger partial charge on any atom is 0.305 e. The van der Waals surface area contributed by atoms with Crippen molar-refractivity contribution in [1.29, 1.82) is 0 Å². The van der Waals surface area contributed by atoms with E-state index in [-0.39, 0.29) is 6.42 Å². The lowest BCUT2D eigenvalue weighted by atomic mass is 10.0. The van der Waals surface area contributed by atoms with Gasteiger partial charge in [0.15, 0.2) is 0 Å². The van der Waals surface area contributed by atoms with Gasteiger partial charge < -0.3 is 15.2 Å². The maximum atomic E-state index is 12.3. The van der Waals surface area contributed by atoms with Crippen molar-refractivity contribution >= 4 is 23.5 Å². The highest BCUT2D eigenvalue weighted by molar-refractivity contribution is 6.33. The first-order valence-corrected chi connectivity index (χ1v) is 7.30. The SMILES string of the molecule is COc1ccc([C@@H](CC(=O)O)NC(=O)c2ccccc2Cl)cc1. The number of rotatable bonds is 6. The Morgan fingerprint density at radius 3 is 2.39 bits per heavy atom. The molecule has 0 saturated carbocycles. The minimum atomic E-state index is -1.01. The highest BCUT2D eigenvalue weighted by atomic mass is 35.5. The molecule has 2 aromatic carbocycles. The molecule has 6 heteroatoms. The Bertz CT molecular complexity index is 700. The third-order valence-electron chi connectivity index (χ3n) is 3.32. The second kappa shape index (κ2) is 7.65. The van der Waals surface area contributed by atoms with E-state index < -0.39 is 17.9 Å². The Morgan fingerprint density at radius 2 is 1.83 bits per heavy atom. The van der Waals surface area contributed by atoms with Gasteiger partial charge in [0.2, 0.25) is 0 Å². The van der Waals surface area contributed by atoms with Gasteiger partial charge in [-0.2, -0.15) is 0 Å². The molecule has 120 valence electrons. The summed E-state index contributed by atoms with van der Waals surface area (Å²) in [5.74, 6) is -0.775. The number of halogens is 1. The molecule has 23 heavy (non-hydrogen) atoms. The van der Waals surface area contributed by atoms with E-state index in [2.05, 4.69) is 5.32 Å². The molecular formula is C17H16ClNO4. The van der Waals surface area contributed by atoms with Crippen molar-refractivity contribution in [3.63, 3.8) is 0 Å². The van der Waals surface area contributed by atoms with Crippen LogP contribution in [0.3, 0.4) is 0 Å². The van der Waals surface area contributed by atoms with Crippen LogP contribution in [-0.2, 0) is 4.79 Å². The number of methoxy groups -OCH3 is 1. The number of ether oxygens (including phenoxy) is 1. The molecule has 0 bridgehead atoms. The Labute approximate surface area is 138 Å². The molecule has 1 atom stereocenters. The summed E-state index contributed by atoms with van der Waals surface area (Å²) in [7, 11) is 1.54. The number of benzene rings is 2. The molecule has 0 aromatic heterocycles. The van der Waals surface area contributed by atoms with Crippen LogP contribution in [0, 0.1) is 0 Å². The molecule has 0 radical (unpaired) electrons. The predicted octanol–water partition coefficient (Wildman–Crippen LogP) is 3.29. The van der Waals surface area contributed by atoms with Crippen LogP contribution in [0.2, 0.25) is 5.02 Å². The van der Waals surface area contributed by atoms with Crippen molar-refractivity contribution in [3.05, 3.63) is 64.7 Å². The maximum absolute atomic E-state index is 12.3. The van der Waals surface area contributed by atoms with Gasteiger partial charge in [-0.15, -0.1) is 0 Å². The van der Waals surface area contributed by atoms with Crippen LogP contribution >= 0.6 is 11.6 Å². The van der Waals surface area contributed by atoms with Gasteiger partial charge in [0.25, 0.3) is 5.91 Å². The van der Waals surface area contributed by atoms with Crippen molar-refractivity contribution in [2.75, 3.05) is 7.11 Å². The highest BCUT2D eigenvalue weighted by Gasteiger charge is 2.20. The van der Waals surface area contributed by atoms with Gasteiger partial charge in [-0.05, 0) is 29.8 Å². The fourth-order valence-electron chi connectivity index (χ4n) is 2.14. The van der Waals surface area contributed by atoms with Gasteiger partial charge in [-0.3, -0.25) is 9.59 Å². The molecule has 0 aliphatic rings. The quantitative estimate of drug-likeness (QED) is 0.850. The monoisotopic (exact) mass is 333 g/mol. The van der Waals surface area contributed by atoms with Gasteiger partial charge in [-0.25, -0.2) is 0 Å². The van der Waals surface area contributed by atoms with E-state index in [1.165, 1.54) is 0 Å². The third kappa shape index (κ3) is 4.47. The molecule has 0 unspecified atom stereocenters. The number of aliphatic carboxylic acids is 1. The molecule has 0 spiro atoms. The average Bonchev–Trinajstić information content (AvgIpc) is 2.54. The average molecular weight is 334 g/mol. The predicted molar refractivity (Wildman–Crippen MR) is 86.9 cm³/mol. The van der Waals surface area contributed by atoms with Gasteiger partial charge in [0, 0.05) is 0 Å². The molecule has 1 amide bonds. The lowest BCUT2D eigenvalue weighted by Gasteiger charge is -2.18. The zero-order valence-corrected chi connectivity index (χ0v) is 13.2. The summed E-state index contributed by atoms with van der Waals surface area (Å²) in [4.78, 5) is 23.4. The van der Waals surface area contributed by atoms with Crippen molar-refractivity contribution in [1.82, 2.24) is 5.32 Å². The minimum absolute atomic E-state index is 0.234. The summed E-state index contributed by atoms with van der Waals surface area (Å²) in [6.45, 7) is 0. The van der Waals surface area contributed by atoms with E-state index in [1.54, 1.807) is 55.6 Å². The lowest BCUT2D eigenvalue weighted by Crippen LogP contribution is -2.30. The van der Waals surface area contributed by atoms with Crippen LogP contribution in [0.1, 0.15) is 28.4 Å². The molecule has 2 N–H and O–H groups in total. The van der Waals surface area contributed by atoms with Crippen LogP contribution in [0.4, 0.5) is 0 Å². The summed E-state index contributed by atoms with van der Waals surface area (Å²) in [6.07, 6.45) is -0.234. The van der Waals surface area contributed by atoms with Gasteiger partial charge >= 0.3 is 5.97 Å². The number of hydrogen-bond acceptors (Lipinski definition) is 3. The fourth-order valence-corrected chi connectivity index (χ4v) is 2.37. The Kier molecular flexibility index (Phi) is 5.60. The summed E-state index contributed by atoms with van der Waals surface area (Å²) >= 11 is 6.00. The summed E-state index contributed by atoms with van der Waals surface area (Å²) in [6, 6.07) is 12.8. The molecule has 0 saturated heterocycles. The first-order chi connectivity index (χ1) is 11.0. The van der Waals surface area contributed by atoms with Gasteiger partial charge in [0.1, 0.15) is 5.75 Å². The Morgan fingerprint density at radius 1 is 1.17 bits per heavy atom. The number of hydrogen-bond donors (Lipinski definition) is 2. The minimum Gasteiger partial charge on any atom is -0.497 e. The first kappa shape index (κ1) is 16.8. The molecular weight excluding hydrogens is 318 g/mol. The molecule has 2 rings (SSSR count). The van der Waals surface area contributed by atoms with E-state index in [9.17, 15) is 9.59 Å². The summed E-state index contributed by atoms with van der Waals surface area (Å²) < 4.78 is 5.08. The smallest absolute Gasteiger partial charge is 0.305 e. The normalized spacial score (nSPS) is 11.6. The standard InChI is InChI=1S/C17H16ClNO4/c1-23-12-8-6-11(7-9-12)15(10-16(20)21)19-17(22)13-4-2-3-5-14(13)18/h2-9,15H,10H2,1H3,(H,19,22)(H,20,21)/t15-/m1/s1. The first-order valence-electron chi connectivity index (χ1n) is 6.92. The van der Waals surface area contributed by atoms with Gasteiger partial charge in [0.05, 0.1) is 30.2 Å². The highest BCUT2D eigenvalue weighted by Crippen LogP contribution is 2.22. The van der Waals surface area contributed by atoms with E-state index >= 15 is 0 Å². The molecule has 0 heterocycles. The molecule has 2 aromatic rings. The summed E-state index contributed by atoms with van der Waals surface area (Å²) in [5.41, 5.74) is 0.978. The topological polar surface area (TPSA) is 75.6 Å². The molecule has 0 fully saturated rings. The largest absolute Gasteiger partial charge is 0.497 e. The number of carboxylic acid groups (broad SMARTS) is 1. The number of amides is 1.